The molecule has 0 aliphatic carbocycles. The minimum atomic E-state index is -0.635. The van der Waals surface area contributed by atoms with Crippen molar-refractivity contribution in [3.05, 3.63) is 131 Å². The number of urea groups is 1. The molecule has 1 aliphatic rings. The van der Waals surface area contributed by atoms with Crippen LogP contribution in [-0.2, 0) is 22.6 Å². The molecule has 0 spiro atoms. The summed E-state index contributed by atoms with van der Waals surface area (Å²) in [5.41, 5.74) is 6.80. The average molecular weight is 638 g/mol. The second-order valence-electron chi connectivity index (χ2n) is 12.4. The Hall–Kier alpha value is -4.05. The van der Waals surface area contributed by atoms with Gasteiger partial charge >= 0.3 is 6.03 Å². The summed E-state index contributed by atoms with van der Waals surface area (Å²) in [6.07, 6.45) is -1.64. The molecule has 1 fully saturated rings. The summed E-state index contributed by atoms with van der Waals surface area (Å²) in [4.78, 5) is 14.0. The van der Waals surface area contributed by atoms with E-state index in [0.29, 0.717) is 19.6 Å². The molecule has 1 heterocycles. The summed E-state index contributed by atoms with van der Waals surface area (Å²) in [5.74, 6) is 0.0183. The Kier molecular flexibility index (Phi) is 11.8. The van der Waals surface area contributed by atoms with Crippen LogP contribution in [0.4, 0.5) is 4.79 Å². The summed E-state index contributed by atoms with van der Waals surface area (Å²) in [7, 11) is 2.02. The molecule has 47 heavy (non-hydrogen) atoms. The molecular formula is C39H47N3O5. The Balaban J connectivity index is 1.35. The zero-order chi connectivity index (χ0) is 33.3. The first-order valence-electron chi connectivity index (χ1n) is 16.4. The number of nitrogens with one attached hydrogen (secondary N) is 2. The first-order chi connectivity index (χ1) is 22.8. The van der Waals surface area contributed by atoms with E-state index >= 15 is 0 Å². The van der Waals surface area contributed by atoms with Gasteiger partial charge in [-0.1, -0.05) is 104 Å². The molecule has 0 bridgehead atoms. The number of benzene rings is 4. The van der Waals surface area contributed by atoms with Crippen molar-refractivity contribution in [1.82, 2.24) is 15.5 Å². The number of rotatable bonds is 12. The maximum atomic E-state index is 11.9. The molecule has 1 aliphatic heterocycles. The number of likely N-dealkylation sites (N-methyl/N-ethyl adjacent to an activating group) is 1. The van der Waals surface area contributed by atoms with Gasteiger partial charge in [0.25, 0.3) is 0 Å². The molecule has 248 valence electrons. The molecule has 4 aromatic rings. The van der Waals surface area contributed by atoms with Crippen LogP contribution in [0.5, 0.6) is 0 Å². The summed E-state index contributed by atoms with van der Waals surface area (Å²) in [6.45, 7) is 7.69. The number of hydrogen-bond donors (Lipinski definition) is 4. The van der Waals surface area contributed by atoms with Crippen LogP contribution in [0, 0.1) is 5.92 Å². The summed E-state index contributed by atoms with van der Waals surface area (Å²) >= 11 is 0. The van der Waals surface area contributed by atoms with Crippen molar-refractivity contribution >= 4 is 6.03 Å². The number of nitrogens with zero attached hydrogens (tertiary/aromatic N) is 1. The lowest BCUT2D eigenvalue weighted by atomic mass is 9.89. The predicted molar refractivity (Wildman–Crippen MR) is 184 cm³/mol. The van der Waals surface area contributed by atoms with Crippen LogP contribution in [0.25, 0.3) is 11.1 Å². The Labute approximate surface area is 278 Å². The highest BCUT2D eigenvalue weighted by molar-refractivity contribution is 5.73. The first kappa shape index (κ1) is 34.3. The van der Waals surface area contributed by atoms with Gasteiger partial charge in [-0.3, -0.25) is 4.90 Å². The number of hydrogen-bond acceptors (Lipinski definition) is 6. The van der Waals surface area contributed by atoms with Gasteiger partial charge < -0.3 is 30.3 Å². The van der Waals surface area contributed by atoms with E-state index in [2.05, 4.69) is 46.7 Å². The summed E-state index contributed by atoms with van der Waals surface area (Å²) < 4.78 is 13.4. The van der Waals surface area contributed by atoms with Crippen molar-refractivity contribution in [2.75, 3.05) is 20.1 Å². The van der Waals surface area contributed by atoms with Gasteiger partial charge in [-0.15, -0.1) is 0 Å². The number of carbonyl (C=O) groups is 1. The lowest BCUT2D eigenvalue weighted by Gasteiger charge is -2.43. The van der Waals surface area contributed by atoms with Crippen molar-refractivity contribution < 1.29 is 24.5 Å². The van der Waals surface area contributed by atoms with Gasteiger partial charge in [0.05, 0.1) is 24.9 Å². The van der Waals surface area contributed by atoms with E-state index in [0.717, 1.165) is 38.9 Å². The smallest absolute Gasteiger partial charge is 0.315 e. The van der Waals surface area contributed by atoms with E-state index in [1.807, 2.05) is 99.8 Å². The first-order valence-corrected chi connectivity index (χ1v) is 16.4. The Morgan fingerprint density at radius 3 is 2.23 bits per heavy atom. The van der Waals surface area contributed by atoms with Gasteiger partial charge in [-0.2, -0.15) is 0 Å². The van der Waals surface area contributed by atoms with Crippen LogP contribution in [0.1, 0.15) is 67.1 Å². The van der Waals surface area contributed by atoms with Crippen molar-refractivity contribution in [2.24, 2.45) is 5.92 Å². The van der Waals surface area contributed by atoms with Crippen LogP contribution in [0.15, 0.2) is 103 Å². The second-order valence-corrected chi connectivity index (χ2v) is 12.4. The van der Waals surface area contributed by atoms with Crippen molar-refractivity contribution in [1.29, 1.82) is 0 Å². The van der Waals surface area contributed by atoms with Crippen LogP contribution < -0.4 is 10.6 Å². The largest absolute Gasteiger partial charge is 0.392 e. The minimum absolute atomic E-state index is 0.0118. The van der Waals surface area contributed by atoms with Crippen molar-refractivity contribution in [3.8, 4) is 11.1 Å². The van der Waals surface area contributed by atoms with Gasteiger partial charge in [0, 0.05) is 37.2 Å². The maximum absolute atomic E-state index is 11.9. The normalized spacial score (nSPS) is 20.8. The Morgan fingerprint density at radius 2 is 1.55 bits per heavy atom. The fourth-order valence-corrected chi connectivity index (χ4v) is 6.05. The quantitative estimate of drug-likeness (QED) is 0.141. The van der Waals surface area contributed by atoms with Crippen LogP contribution in [-0.4, -0.2) is 53.4 Å². The molecule has 8 nitrogen and oxygen atoms in total. The third-order valence-electron chi connectivity index (χ3n) is 9.12. The van der Waals surface area contributed by atoms with Crippen LogP contribution in [0.2, 0.25) is 0 Å². The van der Waals surface area contributed by atoms with E-state index in [9.17, 15) is 15.0 Å². The molecule has 0 radical (unpaired) electrons. The molecule has 2 amide bonds. The molecule has 0 saturated carbocycles. The second kappa shape index (κ2) is 16.2. The van der Waals surface area contributed by atoms with Gasteiger partial charge in [0.2, 0.25) is 0 Å². The van der Waals surface area contributed by atoms with Gasteiger partial charge in [0.1, 0.15) is 0 Å². The van der Waals surface area contributed by atoms with Gasteiger partial charge in [-0.05, 0) is 60.3 Å². The zero-order valence-electron chi connectivity index (χ0n) is 27.7. The number of aliphatic hydroxyl groups excluding tert-OH is 2. The Bertz CT molecular complexity index is 1560. The zero-order valence-corrected chi connectivity index (χ0v) is 27.7. The molecule has 4 N–H and O–H groups in total. The molecule has 0 unspecified atom stereocenters. The fourth-order valence-electron chi connectivity index (χ4n) is 6.05. The van der Waals surface area contributed by atoms with Gasteiger partial charge in [-0.25, -0.2) is 4.79 Å². The number of ether oxygens (including phenoxy) is 2. The van der Waals surface area contributed by atoms with Crippen LogP contribution in [0.3, 0.4) is 0 Å². The summed E-state index contributed by atoms with van der Waals surface area (Å²) in [6, 6.07) is 33.7. The molecule has 4 aromatic carbocycles. The molecule has 0 aromatic heterocycles. The summed E-state index contributed by atoms with van der Waals surface area (Å²) in [5, 5.41) is 26.4. The number of carbonyl (C=O) groups excluding carboxylic acids is 1. The van der Waals surface area contributed by atoms with Crippen LogP contribution >= 0.6 is 0 Å². The number of amides is 2. The maximum Gasteiger partial charge on any atom is 0.315 e. The van der Waals surface area contributed by atoms with E-state index in [1.54, 1.807) is 0 Å². The molecule has 8 heteroatoms. The molecular weight excluding hydrogens is 590 g/mol. The van der Waals surface area contributed by atoms with Crippen molar-refractivity contribution in [2.45, 2.75) is 64.6 Å². The highest BCUT2D eigenvalue weighted by atomic mass is 16.7. The third-order valence-corrected chi connectivity index (χ3v) is 9.12. The predicted octanol–water partition coefficient (Wildman–Crippen LogP) is 6.51. The monoisotopic (exact) mass is 637 g/mol. The third kappa shape index (κ3) is 8.66. The Morgan fingerprint density at radius 1 is 0.851 bits per heavy atom. The minimum Gasteiger partial charge on any atom is -0.392 e. The van der Waals surface area contributed by atoms with E-state index in [1.165, 1.54) is 0 Å². The van der Waals surface area contributed by atoms with Gasteiger partial charge in [0.15, 0.2) is 6.29 Å². The highest BCUT2D eigenvalue weighted by Crippen LogP contribution is 2.42. The van der Waals surface area contributed by atoms with E-state index in [-0.39, 0.29) is 36.8 Å². The lowest BCUT2D eigenvalue weighted by Crippen LogP contribution is -2.46. The number of aliphatic hydroxyl groups is 2. The average Bonchev–Trinajstić information content (AvgIpc) is 3.11. The molecule has 5 rings (SSSR count). The van der Waals surface area contributed by atoms with E-state index < -0.39 is 12.4 Å². The highest BCUT2D eigenvalue weighted by Gasteiger charge is 2.39. The topological polar surface area (TPSA) is 103 Å². The molecule has 6 atom stereocenters. The fraction of sp³-hybridized carbons (Fsp3) is 0.359. The SMILES string of the molecule is CCNC(=O)NCc1cccc(-c2ccc([C@@H]3O[C@H](CN(C)[C@@H](C)[C@H](O)c4ccccc4)[C@H](C)[C@H](c4ccc(CO)cc4)O3)cc2)c1. The lowest BCUT2D eigenvalue weighted by molar-refractivity contribution is -0.276. The van der Waals surface area contributed by atoms with Crippen molar-refractivity contribution in [3.63, 3.8) is 0 Å². The van der Waals surface area contributed by atoms with E-state index in [4.69, 9.17) is 9.47 Å². The standard InChI is InChI=1S/C39H47N3O5/c1-5-40-39(45)41-23-29-10-9-13-34(22-29)30-18-20-33(21-19-30)38-46-35(24-42(4)27(3)36(44)31-11-7-6-8-12-31)26(2)37(47-38)32-16-14-28(25-43)15-17-32/h6-22,26-27,35-38,43-44H,5,23-25H2,1-4H3,(H2,40,41,45)/t26-,27-,35+,36-,37+,38+/m0/s1. The molecule has 1 saturated heterocycles.